The van der Waals surface area contributed by atoms with Crippen molar-refractivity contribution in [1.29, 1.82) is 0 Å². The first kappa shape index (κ1) is 25.6. The van der Waals surface area contributed by atoms with Gasteiger partial charge in [-0.25, -0.2) is 0 Å². The summed E-state index contributed by atoms with van der Waals surface area (Å²) in [6, 6.07) is 0. The summed E-state index contributed by atoms with van der Waals surface area (Å²) in [6.45, 7) is 18.1. The van der Waals surface area contributed by atoms with Crippen LogP contribution in [0.1, 0.15) is 101 Å². The molecule has 4 unspecified atom stereocenters. The Labute approximate surface area is 161 Å². The summed E-state index contributed by atoms with van der Waals surface area (Å²) < 4.78 is 5.96. The van der Waals surface area contributed by atoms with Gasteiger partial charge in [0.25, 0.3) is 0 Å². The van der Waals surface area contributed by atoms with Gasteiger partial charge < -0.3 is 14.9 Å². The maximum atomic E-state index is 13.4. The Bertz CT molecular complexity index is 438. The van der Waals surface area contributed by atoms with E-state index in [1.807, 2.05) is 27.7 Å². The Balaban J connectivity index is 5.10. The first-order chi connectivity index (χ1) is 11.6. The third-order valence-corrected chi connectivity index (χ3v) is 5.94. The minimum Gasteiger partial charge on any atom is -0.391 e. The van der Waals surface area contributed by atoms with Crippen molar-refractivity contribution in [3.05, 3.63) is 0 Å². The molecule has 0 aliphatic carbocycles. The molecule has 0 amide bonds. The Morgan fingerprint density at radius 1 is 0.923 bits per heavy atom. The molecule has 0 aliphatic heterocycles. The maximum Gasteiger partial charge on any atom is 0.170 e. The Morgan fingerprint density at radius 3 is 1.85 bits per heavy atom. The molecule has 0 fully saturated rings. The molecule has 0 radical (unpaired) electrons. The Morgan fingerprint density at radius 2 is 1.46 bits per heavy atom. The molecular formula is C22H44O4. The van der Waals surface area contributed by atoms with E-state index in [9.17, 15) is 15.0 Å². The van der Waals surface area contributed by atoms with Crippen LogP contribution >= 0.6 is 0 Å². The lowest BCUT2D eigenvalue weighted by Crippen LogP contribution is -2.48. The number of rotatable bonds is 12. The largest absolute Gasteiger partial charge is 0.391 e. The highest BCUT2D eigenvalue weighted by molar-refractivity contribution is 5.92. The minimum absolute atomic E-state index is 0.0608. The zero-order valence-corrected chi connectivity index (χ0v) is 18.7. The quantitative estimate of drug-likeness (QED) is 0.511. The van der Waals surface area contributed by atoms with Crippen LogP contribution < -0.4 is 0 Å². The average molecular weight is 373 g/mol. The van der Waals surface area contributed by atoms with Gasteiger partial charge in [0, 0.05) is 11.8 Å². The van der Waals surface area contributed by atoms with E-state index in [1.54, 1.807) is 6.92 Å². The standard InChI is InChI=1S/C22H44O4/c1-10-20(7,14-13-19(4,5)6)18(24)22(9,12-3)26-16-17(23)15-21(8,25)11-2/h17,23,25H,10-16H2,1-9H3. The molecule has 0 heterocycles. The number of aliphatic hydroxyl groups excluding tert-OH is 1. The van der Waals surface area contributed by atoms with E-state index in [0.717, 1.165) is 19.3 Å². The normalized spacial score (nSPS) is 20.7. The maximum absolute atomic E-state index is 13.4. The van der Waals surface area contributed by atoms with Gasteiger partial charge in [0.2, 0.25) is 0 Å². The van der Waals surface area contributed by atoms with Gasteiger partial charge in [-0.2, -0.15) is 0 Å². The molecule has 0 saturated carbocycles. The Hall–Kier alpha value is -0.450. The number of hydrogen-bond acceptors (Lipinski definition) is 4. The van der Waals surface area contributed by atoms with E-state index in [0.29, 0.717) is 12.8 Å². The summed E-state index contributed by atoms with van der Waals surface area (Å²) >= 11 is 0. The summed E-state index contributed by atoms with van der Waals surface area (Å²) in [5.41, 5.74) is -2.08. The highest BCUT2D eigenvalue weighted by atomic mass is 16.5. The van der Waals surface area contributed by atoms with Crippen molar-refractivity contribution in [3.63, 3.8) is 0 Å². The van der Waals surface area contributed by atoms with Crippen LogP contribution in [0.15, 0.2) is 0 Å². The molecule has 0 spiro atoms. The van der Waals surface area contributed by atoms with Gasteiger partial charge in [-0.1, -0.05) is 48.5 Å². The lowest BCUT2D eigenvalue weighted by molar-refractivity contribution is -0.159. The summed E-state index contributed by atoms with van der Waals surface area (Å²) in [5.74, 6) is 0.119. The van der Waals surface area contributed by atoms with Gasteiger partial charge in [0.15, 0.2) is 5.78 Å². The fourth-order valence-electron chi connectivity index (χ4n) is 3.06. The molecule has 26 heavy (non-hydrogen) atoms. The zero-order chi connectivity index (χ0) is 20.8. The van der Waals surface area contributed by atoms with E-state index in [-0.39, 0.29) is 24.2 Å². The van der Waals surface area contributed by atoms with Crippen molar-refractivity contribution in [2.75, 3.05) is 6.61 Å². The first-order valence-corrected chi connectivity index (χ1v) is 10.2. The van der Waals surface area contributed by atoms with Crippen molar-refractivity contribution in [2.24, 2.45) is 10.8 Å². The Kier molecular flexibility index (Phi) is 9.49. The summed E-state index contributed by atoms with van der Waals surface area (Å²) in [5, 5.41) is 20.4. The SMILES string of the molecule is CCC(C)(O)CC(O)COC(C)(CC)C(=O)C(C)(CC)CCC(C)(C)C. The molecule has 4 nitrogen and oxygen atoms in total. The minimum atomic E-state index is -0.917. The fraction of sp³-hybridized carbons (Fsp3) is 0.955. The number of carbonyl (C=O) groups excluding carboxylic acids is 1. The van der Waals surface area contributed by atoms with Crippen molar-refractivity contribution in [1.82, 2.24) is 0 Å². The van der Waals surface area contributed by atoms with Gasteiger partial charge in [-0.15, -0.1) is 0 Å². The topological polar surface area (TPSA) is 66.8 Å². The van der Waals surface area contributed by atoms with E-state index in [2.05, 4.69) is 27.7 Å². The van der Waals surface area contributed by atoms with Crippen molar-refractivity contribution < 1.29 is 19.7 Å². The van der Waals surface area contributed by atoms with Gasteiger partial charge in [0.1, 0.15) is 5.60 Å². The average Bonchev–Trinajstić information content (AvgIpc) is 2.55. The van der Waals surface area contributed by atoms with Gasteiger partial charge >= 0.3 is 0 Å². The third-order valence-electron chi connectivity index (χ3n) is 5.94. The number of hydrogen-bond donors (Lipinski definition) is 2. The molecule has 0 aromatic carbocycles. The molecule has 4 heteroatoms. The molecule has 0 aliphatic rings. The van der Waals surface area contributed by atoms with Gasteiger partial charge in [0.05, 0.1) is 18.3 Å². The molecule has 156 valence electrons. The predicted octanol–water partition coefficient (Wildman–Crippen LogP) is 4.90. The molecule has 0 aromatic heterocycles. The third kappa shape index (κ3) is 8.06. The highest BCUT2D eigenvalue weighted by Crippen LogP contribution is 2.39. The van der Waals surface area contributed by atoms with Crippen LogP contribution in [-0.4, -0.2) is 39.9 Å². The van der Waals surface area contributed by atoms with E-state index >= 15 is 0 Å². The number of ether oxygens (including phenoxy) is 1. The lowest BCUT2D eigenvalue weighted by atomic mass is 9.69. The van der Waals surface area contributed by atoms with E-state index in [4.69, 9.17) is 4.74 Å². The van der Waals surface area contributed by atoms with Crippen molar-refractivity contribution in [3.8, 4) is 0 Å². The lowest BCUT2D eigenvalue weighted by Gasteiger charge is -2.39. The summed E-state index contributed by atoms with van der Waals surface area (Å²) in [4.78, 5) is 13.4. The van der Waals surface area contributed by atoms with Gasteiger partial charge in [-0.3, -0.25) is 4.79 Å². The van der Waals surface area contributed by atoms with Crippen molar-refractivity contribution in [2.45, 2.75) is 118 Å². The summed E-state index contributed by atoms with van der Waals surface area (Å²) in [7, 11) is 0. The van der Waals surface area contributed by atoms with Crippen LogP contribution in [0.25, 0.3) is 0 Å². The molecule has 0 rings (SSSR count). The number of ketones is 1. The van der Waals surface area contributed by atoms with Crippen LogP contribution in [0.2, 0.25) is 0 Å². The van der Waals surface area contributed by atoms with Crippen LogP contribution in [0.4, 0.5) is 0 Å². The fourth-order valence-corrected chi connectivity index (χ4v) is 3.06. The second kappa shape index (κ2) is 9.66. The second-order valence-electron chi connectivity index (χ2n) is 9.91. The van der Waals surface area contributed by atoms with E-state index in [1.165, 1.54) is 0 Å². The summed E-state index contributed by atoms with van der Waals surface area (Å²) in [6.07, 6.45) is 3.16. The van der Waals surface area contributed by atoms with Crippen LogP contribution in [-0.2, 0) is 9.53 Å². The number of carbonyl (C=O) groups is 1. The van der Waals surface area contributed by atoms with Crippen molar-refractivity contribution >= 4 is 5.78 Å². The number of Topliss-reactive ketones (excluding diaryl/α,β-unsaturated/α-hetero) is 1. The zero-order valence-electron chi connectivity index (χ0n) is 18.7. The van der Waals surface area contributed by atoms with Crippen LogP contribution in [0, 0.1) is 10.8 Å². The molecule has 0 saturated heterocycles. The predicted molar refractivity (Wildman–Crippen MR) is 108 cm³/mol. The molecule has 0 aromatic rings. The van der Waals surface area contributed by atoms with Crippen LogP contribution in [0.5, 0.6) is 0 Å². The van der Waals surface area contributed by atoms with E-state index < -0.39 is 22.7 Å². The number of aliphatic hydroxyl groups is 2. The molecule has 2 N–H and O–H groups in total. The second-order valence-corrected chi connectivity index (χ2v) is 9.91. The molecular weight excluding hydrogens is 328 g/mol. The first-order valence-electron chi connectivity index (χ1n) is 10.2. The monoisotopic (exact) mass is 372 g/mol. The molecule has 4 atom stereocenters. The van der Waals surface area contributed by atoms with Crippen LogP contribution in [0.3, 0.4) is 0 Å². The van der Waals surface area contributed by atoms with Gasteiger partial charge in [-0.05, 0) is 51.4 Å². The molecule has 0 bridgehead atoms. The smallest absolute Gasteiger partial charge is 0.170 e. The highest BCUT2D eigenvalue weighted by Gasteiger charge is 2.44.